The molecule has 2 N–H and O–H groups in total. The number of aliphatic hydroxyl groups excluding tert-OH is 2. The summed E-state index contributed by atoms with van der Waals surface area (Å²) >= 11 is 0. The Kier molecular flexibility index (Phi) is 10.3. The number of hydrogen-bond donors (Lipinski definition) is 2. The molecule has 156 valence electrons. The molecule has 1 aliphatic rings. The van der Waals surface area contributed by atoms with Crippen molar-refractivity contribution in [3.8, 4) is 0 Å². The van der Waals surface area contributed by atoms with Crippen molar-refractivity contribution in [2.24, 2.45) is 0 Å². The predicted molar refractivity (Wildman–Crippen MR) is 92.3 cm³/mol. The molecule has 0 radical (unpaired) electrons. The molecule has 5 atom stereocenters. The predicted octanol–water partition coefficient (Wildman–Crippen LogP) is 0.832. The summed E-state index contributed by atoms with van der Waals surface area (Å²) in [5.74, 6) is -1.78. The maximum Gasteiger partial charge on any atom is 0.306 e. The summed E-state index contributed by atoms with van der Waals surface area (Å²) in [6.45, 7) is 4.78. The highest BCUT2D eigenvalue weighted by molar-refractivity contribution is 5.71. The fourth-order valence-corrected chi connectivity index (χ4v) is 2.69. The molecule has 0 spiro atoms. The molecule has 0 saturated carbocycles. The van der Waals surface area contributed by atoms with Crippen molar-refractivity contribution >= 4 is 17.9 Å². The van der Waals surface area contributed by atoms with Gasteiger partial charge in [0.05, 0.1) is 6.61 Å². The van der Waals surface area contributed by atoms with Gasteiger partial charge >= 0.3 is 17.9 Å². The molecule has 0 bridgehead atoms. The maximum atomic E-state index is 12.0. The normalized spacial score (nSPS) is 27.7. The van der Waals surface area contributed by atoms with Crippen LogP contribution in [0, 0.1) is 0 Å². The Morgan fingerprint density at radius 3 is 1.59 bits per heavy atom. The first-order chi connectivity index (χ1) is 12.9. The lowest BCUT2D eigenvalue weighted by molar-refractivity contribution is -0.296. The number of carbonyl (C=O) groups excluding carboxylic acids is 3. The average molecular weight is 390 g/mol. The van der Waals surface area contributed by atoms with E-state index in [1.807, 2.05) is 0 Å². The highest BCUT2D eigenvalue weighted by Gasteiger charge is 2.51. The maximum absolute atomic E-state index is 12.0. The third kappa shape index (κ3) is 7.08. The van der Waals surface area contributed by atoms with Crippen LogP contribution in [-0.4, -0.2) is 65.4 Å². The Bertz CT molecular complexity index is 493. The van der Waals surface area contributed by atoms with E-state index in [4.69, 9.17) is 18.9 Å². The van der Waals surface area contributed by atoms with E-state index >= 15 is 0 Å². The van der Waals surface area contributed by atoms with Crippen LogP contribution in [0.3, 0.4) is 0 Å². The molecular weight excluding hydrogens is 360 g/mol. The van der Waals surface area contributed by atoms with Gasteiger partial charge in [0.15, 0.2) is 24.6 Å². The molecule has 1 unspecified atom stereocenters. The molecular formula is C18H30O9. The van der Waals surface area contributed by atoms with Gasteiger partial charge in [-0.1, -0.05) is 20.8 Å². The molecule has 1 heterocycles. The minimum atomic E-state index is -1.64. The van der Waals surface area contributed by atoms with Crippen LogP contribution in [0.25, 0.3) is 0 Å². The van der Waals surface area contributed by atoms with Crippen LogP contribution in [0.4, 0.5) is 0 Å². The third-order valence-electron chi connectivity index (χ3n) is 3.95. The van der Waals surface area contributed by atoms with E-state index in [-0.39, 0.29) is 19.3 Å². The van der Waals surface area contributed by atoms with E-state index in [1.54, 1.807) is 20.8 Å². The SMILES string of the molecule is CCCC(=O)O[C@H]1[C@H](OC(=O)CCC)[C@@H](OC(=O)CCC)C(O)O[C@@H]1CO. The van der Waals surface area contributed by atoms with E-state index < -0.39 is 55.2 Å². The van der Waals surface area contributed by atoms with Crippen molar-refractivity contribution in [1.82, 2.24) is 0 Å². The van der Waals surface area contributed by atoms with E-state index in [0.29, 0.717) is 19.3 Å². The minimum absolute atomic E-state index is 0.0997. The Labute approximate surface area is 158 Å². The topological polar surface area (TPSA) is 129 Å². The van der Waals surface area contributed by atoms with Crippen LogP contribution in [0.1, 0.15) is 59.3 Å². The summed E-state index contributed by atoms with van der Waals surface area (Å²) in [6, 6.07) is 0. The lowest BCUT2D eigenvalue weighted by Crippen LogP contribution is -2.62. The number of ether oxygens (including phenoxy) is 4. The zero-order valence-corrected chi connectivity index (χ0v) is 16.1. The average Bonchev–Trinajstić information content (AvgIpc) is 2.60. The second-order valence-corrected chi connectivity index (χ2v) is 6.36. The highest BCUT2D eigenvalue weighted by Crippen LogP contribution is 2.28. The third-order valence-corrected chi connectivity index (χ3v) is 3.95. The van der Waals surface area contributed by atoms with Gasteiger partial charge in [0.1, 0.15) is 6.10 Å². The Morgan fingerprint density at radius 1 is 0.778 bits per heavy atom. The second kappa shape index (κ2) is 11.9. The van der Waals surface area contributed by atoms with Gasteiger partial charge in [-0.05, 0) is 19.3 Å². The number of esters is 3. The van der Waals surface area contributed by atoms with Gasteiger partial charge in [0.25, 0.3) is 0 Å². The summed E-state index contributed by atoms with van der Waals surface area (Å²) in [5.41, 5.74) is 0. The summed E-state index contributed by atoms with van der Waals surface area (Å²) in [4.78, 5) is 35.9. The van der Waals surface area contributed by atoms with Gasteiger partial charge in [-0.15, -0.1) is 0 Å². The van der Waals surface area contributed by atoms with Gasteiger partial charge in [0.2, 0.25) is 0 Å². The molecule has 0 aromatic heterocycles. The van der Waals surface area contributed by atoms with E-state index in [9.17, 15) is 24.6 Å². The Hall–Kier alpha value is -1.71. The van der Waals surface area contributed by atoms with Crippen molar-refractivity contribution < 1.29 is 43.5 Å². The molecule has 1 aliphatic heterocycles. The van der Waals surface area contributed by atoms with Crippen molar-refractivity contribution in [2.45, 2.75) is 90.0 Å². The van der Waals surface area contributed by atoms with Crippen LogP contribution >= 0.6 is 0 Å². The standard InChI is InChI=1S/C18H30O9/c1-4-7-12(20)25-15-11(10-19)24-18(23)17(27-14(22)9-6-3)16(15)26-13(21)8-5-2/h11,15-19,23H,4-10H2,1-3H3/t11-,15-,16+,17-,18?/m1/s1. The fraction of sp³-hybridized carbons (Fsp3) is 0.833. The molecule has 27 heavy (non-hydrogen) atoms. The number of carbonyl (C=O) groups is 3. The number of rotatable bonds is 10. The number of hydrogen-bond acceptors (Lipinski definition) is 9. The Morgan fingerprint density at radius 2 is 1.19 bits per heavy atom. The zero-order valence-electron chi connectivity index (χ0n) is 16.1. The summed E-state index contributed by atoms with van der Waals surface area (Å²) < 4.78 is 21.2. The minimum Gasteiger partial charge on any atom is -0.455 e. The summed E-state index contributed by atoms with van der Waals surface area (Å²) in [7, 11) is 0. The molecule has 1 fully saturated rings. The molecule has 9 heteroatoms. The lowest BCUT2D eigenvalue weighted by Gasteiger charge is -2.42. The zero-order chi connectivity index (χ0) is 20.4. The van der Waals surface area contributed by atoms with Crippen molar-refractivity contribution in [1.29, 1.82) is 0 Å². The summed E-state index contributed by atoms with van der Waals surface area (Å²) in [6.07, 6.45) is -4.72. The first-order valence-corrected chi connectivity index (χ1v) is 9.40. The van der Waals surface area contributed by atoms with Gasteiger partial charge in [0, 0.05) is 19.3 Å². The quantitative estimate of drug-likeness (QED) is 0.411. The fourth-order valence-electron chi connectivity index (χ4n) is 2.69. The van der Waals surface area contributed by atoms with E-state index in [2.05, 4.69) is 0 Å². The first-order valence-electron chi connectivity index (χ1n) is 9.40. The molecule has 0 aromatic rings. The molecule has 1 rings (SSSR count). The lowest BCUT2D eigenvalue weighted by atomic mass is 9.98. The van der Waals surface area contributed by atoms with E-state index in [0.717, 1.165) is 0 Å². The first kappa shape index (κ1) is 23.3. The Balaban J connectivity index is 3.10. The molecule has 1 saturated heterocycles. The van der Waals surface area contributed by atoms with Crippen LogP contribution in [0.2, 0.25) is 0 Å². The smallest absolute Gasteiger partial charge is 0.306 e. The number of aliphatic hydroxyl groups is 2. The van der Waals surface area contributed by atoms with Crippen molar-refractivity contribution in [3.63, 3.8) is 0 Å². The molecule has 9 nitrogen and oxygen atoms in total. The highest BCUT2D eigenvalue weighted by atomic mass is 16.7. The molecule has 0 aliphatic carbocycles. The molecule has 0 aromatic carbocycles. The van der Waals surface area contributed by atoms with Crippen LogP contribution < -0.4 is 0 Å². The van der Waals surface area contributed by atoms with Gasteiger partial charge in [-0.2, -0.15) is 0 Å². The van der Waals surface area contributed by atoms with Gasteiger partial charge in [-0.25, -0.2) is 0 Å². The molecule has 0 amide bonds. The van der Waals surface area contributed by atoms with Crippen LogP contribution in [-0.2, 0) is 33.3 Å². The summed E-state index contributed by atoms with van der Waals surface area (Å²) in [5, 5.41) is 19.8. The monoisotopic (exact) mass is 390 g/mol. The van der Waals surface area contributed by atoms with Gasteiger partial charge < -0.3 is 29.2 Å². The van der Waals surface area contributed by atoms with E-state index in [1.165, 1.54) is 0 Å². The van der Waals surface area contributed by atoms with Gasteiger partial charge in [-0.3, -0.25) is 14.4 Å². The van der Waals surface area contributed by atoms with Crippen molar-refractivity contribution in [3.05, 3.63) is 0 Å². The second-order valence-electron chi connectivity index (χ2n) is 6.36. The largest absolute Gasteiger partial charge is 0.455 e. The van der Waals surface area contributed by atoms with Crippen molar-refractivity contribution in [2.75, 3.05) is 6.61 Å². The van der Waals surface area contributed by atoms with Crippen LogP contribution in [0.15, 0.2) is 0 Å². The van der Waals surface area contributed by atoms with Crippen LogP contribution in [0.5, 0.6) is 0 Å².